The Kier molecular flexibility index (Phi) is 11.7. The summed E-state index contributed by atoms with van der Waals surface area (Å²) in [7, 11) is -4.20. The fourth-order valence-electron chi connectivity index (χ4n) is 5.45. The lowest BCUT2D eigenvalue weighted by molar-refractivity contribution is -0.139. The molecule has 2 amide bonds. The molecule has 1 saturated carbocycles. The Morgan fingerprint density at radius 2 is 1.64 bits per heavy atom. The zero-order valence-corrected chi connectivity index (χ0v) is 27.6. The lowest BCUT2D eigenvalue weighted by Gasteiger charge is -2.33. The average Bonchev–Trinajstić information content (AvgIpc) is 3.03. The van der Waals surface area contributed by atoms with Gasteiger partial charge >= 0.3 is 0 Å². The van der Waals surface area contributed by atoms with Gasteiger partial charge in [0.25, 0.3) is 10.0 Å². The molecular formula is C34H43N3O5S2. The van der Waals surface area contributed by atoms with E-state index in [-0.39, 0.29) is 29.1 Å². The Morgan fingerprint density at radius 1 is 0.977 bits per heavy atom. The molecule has 0 radical (unpaired) electrons. The van der Waals surface area contributed by atoms with Gasteiger partial charge in [-0.25, -0.2) is 8.42 Å². The van der Waals surface area contributed by atoms with Gasteiger partial charge in [-0.15, -0.1) is 11.8 Å². The monoisotopic (exact) mass is 637 g/mol. The van der Waals surface area contributed by atoms with Crippen LogP contribution in [0.3, 0.4) is 0 Å². The third-order valence-corrected chi connectivity index (χ3v) is 10.6. The van der Waals surface area contributed by atoms with Crippen molar-refractivity contribution in [3.63, 3.8) is 0 Å². The van der Waals surface area contributed by atoms with E-state index in [9.17, 15) is 18.0 Å². The van der Waals surface area contributed by atoms with Gasteiger partial charge in [-0.3, -0.25) is 13.9 Å². The molecule has 1 fully saturated rings. The van der Waals surface area contributed by atoms with Gasteiger partial charge in [0.15, 0.2) is 0 Å². The number of amides is 2. The van der Waals surface area contributed by atoms with Crippen molar-refractivity contribution in [2.45, 2.75) is 81.3 Å². The van der Waals surface area contributed by atoms with Crippen molar-refractivity contribution >= 4 is 39.3 Å². The number of ether oxygens (including phenoxy) is 1. The Balaban J connectivity index is 1.72. The normalized spacial score (nSPS) is 14.5. The molecule has 0 aliphatic heterocycles. The highest BCUT2D eigenvalue weighted by molar-refractivity contribution is 7.98. The van der Waals surface area contributed by atoms with Crippen molar-refractivity contribution in [3.05, 3.63) is 83.9 Å². The van der Waals surface area contributed by atoms with Crippen LogP contribution < -0.4 is 14.4 Å². The second-order valence-corrected chi connectivity index (χ2v) is 13.8. The molecule has 0 aromatic heterocycles. The zero-order chi connectivity index (χ0) is 31.7. The minimum atomic E-state index is -4.20. The van der Waals surface area contributed by atoms with Crippen LogP contribution in [0.25, 0.3) is 0 Å². The molecule has 0 heterocycles. The van der Waals surface area contributed by atoms with Gasteiger partial charge in [0, 0.05) is 17.5 Å². The van der Waals surface area contributed by atoms with Crippen LogP contribution in [-0.4, -0.2) is 56.6 Å². The number of carbonyl (C=O) groups excluding carboxylic acids is 2. The summed E-state index contributed by atoms with van der Waals surface area (Å²) in [6.45, 7) is 5.45. The average molecular weight is 638 g/mol. The third kappa shape index (κ3) is 8.15. The SMILES string of the molecule is CCOc1ccccc1N(CC(=O)N(Cc1ccccc1C)[C@H](C)C(=O)NC1CCCCC1)S(=O)(=O)c1ccc(SC)cc1. The van der Waals surface area contributed by atoms with Crippen LogP contribution in [0, 0.1) is 6.92 Å². The summed E-state index contributed by atoms with van der Waals surface area (Å²) in [4.78, 5) is 30.3. The minimum Gasteiger partial charge on any atom is -0.492 e. The Bertz CT molecular complexity index is 1520. The first kappa shape index (κ1) is 33.4. The highest BCUT2D eigenvalue weighted by atomic mass is 32.2. The topological polar surface area (TPSA) is 96.0 Å². The molecule has 0 bridgehead atoms. The molecule has 3 aromatic carbocycles. The van der Waals surface area contributed by atoms with Crippen molar-refractivity contribution in [3.8, 4) is 5.75 Å². The van der Waals surface area contributed by atoms with Gasteiger partial charge in [-0.1, -0.05) is 55.7 Å². The number of hydrogen-bond acceptors (Lipinski definition) is 6. The Hall–Kier alpha value is -3.50. The number of benzene rings is 3. The van der Waals surface area contributed by atoms with E-state index in [2.05, 4.69) is 5.32 Å². The number of para-hydroxylation sites is 2. The number of aryl methyl sites for hydroxylation is 1. The molecule has 1 N–H and O–H groups in total. The largest absolute Gasteiger partial charge is 0.492 e. The van der Waals surface area contributed by atoms with E-state index < -0.39 is 28.5 Å². The van der Waals surface area contributed by atoms with E-state index in [1.807, 2.05) is 44.4 Å². The molecule has 0 spiro atoms. The number of nitrogens with one attached hydrogen (secondary N) is 1. The molecule has 4 rings (SSSR count). The number of hydrogen-bond donors (Lipinski definition) is 1. The summed E-state index contributed by atoms with van der Waals surface area (Å²) in [6.07, 6.45) is 7.04. The maximum absolute atomic E-state index is 14.3. The van der Waals surface area contributed by atoms with Crippen LogP contribution >= 0.6 is 11.8 Å². The van der Waals surface area contributed by atoms with Crippen LogP contribution in [-0.2, 0) is 26.2 Å². The van der Waals surface area contributed by atoms with Crippen molar-refractivity contribution in [2.75, 3.05) is 23.7 Å². The second kappa shape index (κ2) is 15.5. The number of anilines is 1. The van der Waals surface area contributed by atoms with E-state index >= 15 is 0 Å². The van der Waals surface area contributed by atoms with Crippen LogP contribution in [0.5, 0.6) is 5.75 Å². The fourth-order valence-corrected chi connectivity index (χ4v) is 7.28. The number of thioether (sulfide) groups is 1. The number of sulfonamides is 1. The summed E-state index contributed by atoms with van der Waals surface area (Å²) in [5, 5.41) is 3.15. The summed E-state index contributed by atoms with van der Waals surface area (Å²) in [5.41, 5.74) is 2.12. The smallest absolute Gasteiger partial charge is 0.264 e. The molecule has 0 unspecified atom stereocenters. The number of rotatable bonds is 13. The lowest BCUT2D eigenvalue weighted by atomic mass is 9.95. The predicted octanol–water partition coefficient (Wildman–Crippen LogP) is 6.18. The van der Waals surface area contributed by atoms with Crippen LogP contribution in [0.4, 0.5) is 5.69 Å². The van der Waals surface area contributed by atoms with E-state index in [1.54, 1.807) is 55.5 Å². The van der Waals surface area contributed by atoms with Gasteiger partial charge in [-0.2, -0.15) is 0 Å². The van der Waals surface area contributed by atoms with Crippen molar-refractivity contribution in [1.82, 2.24) is 10.2 Å². The molecule has 8 nitrogen and oxygen atoms in total. The van der Waals surface area contributed by atoms with E-state index in [0.29, 0.717) is 12.4 Å². The van der Waals surface area contributed by atoms with Gasteiger partial charge < -0.3 is 15.0 Å². The standard InChI is InChI=1S/C34H43N3O5S2/c1-5-42-32-18-12-11-17-31(32)37(44(40,41)30-21-19-29(43-4)20-22-30)24-33(38)36(23-27-14-10-9-13-25(27)2)26(3)34(39)35-28-15-7-6-8-16-28/h9-14,17-22,26,28H,5-8,15-16,23-24H2,1-4H3,(H,35,39)/t26-/m1/s1. The maximum atomic E-state index is 14.3. The molecule has 0 saturated heterocycles. The molecule has 44 heavy (non-hydrogen) atoms. The molecule has 10 heteroatoms. The molecule has 1 atom stereocenters. The van der Waals surface area contributed by atoms with Gasteiger partial charge in [0.2, 0.25) is 11.8 Å². The van der Waals surface area contributed by atoms with E-state index in [4.69, 9.17) is 4.74 Å². The van der Waals surface area contributed by atoms with Crippen LogP contribution in [0.2, 0.25) is 0 Å². The van der Waals surface area contributed by atoms with Crippen LogP contribution in [0.15, 0.2) is 82.6 Å². The Labute approximate surface area is 266 Å². The van der Waals surface area contributed by atoms with Crippen molar-refractivity contribution < 1.29 is 22.7 Å². The van der Waals surface area contributed by atoms with Gasteiger partial charge in [0.05, 0.1) is 17.2 Å². The third-order valence-electron chi connectivity index (χ3n) is 8.08. The number of carbonyl (C=O) groups is 2. The highest BCUT2D eigenvalue weighted by Gasteiger charge is 2.34. The van der Waals surface area contributed by atoms with E-state index in [0.717, 1.165) is 52.4 Å². The first-order chi connectivity index (χ1) is 21.1. The zero-order valence-electron chi connectivity index (χ0n) is 26.0. The van der Waals surface area contributed by atoms with Gasteiger partial charge in [0.1, 0.15) is 18.3 Å². The molecule has 1 aliphatic rings. The lowest BCUT2D eigenvalue weighted by Crippen LogP contribution is -2.53. The number of nitrogens with zero attached hydrogens (tertiary/aromatic N) is 2. The summed E-state index contributed by atoms with van der Waals surface area (Å²) in [6, 6.07) is 20.3. The predicted molar refractivity (Wildman–Crippen MR) is 177 cm³/mol. The summed E-state index contributed by atoms with van der Waals surface area (Å²) >= 11 is 1.51. The Morgan fingerprint density at radius 3 is 2.30 bits per heavy atom. The van der Waals surface area contributed by atoms with Gasteiger partial charge in [-0.05, 0) is 87.4 Å². The minimum absolute atomic E-state index is 0.0583. The fraction of sp³-hybridized carbons (Fsp3) is 0.412. The first-order valence-corrected chi connectivity index (χ1v) is 17.8. The van der Waals surface area contributed by atoms with Crippen molar-refractivity contribution in [2.24, 2.45) is 0 Å². The quantitative estimate of drug-likeness (QED) is 0.225. The van der Waals surface area contributed by atoms with E-state index in [1.165, 1.54) is 16.7 Å². The summed E-state index contributed by atoms with van der Waals surface area (Å²) < 4.78 is 35.4. The molecule has 236 valence electrons. The van der Waals surface area contributed by atoms with Crippen molar-refractivity contribution in [1.29, 1.82) is 0 Å². The molecule has 1 aliphatic carbocycles. The second-order valence-electron chi connectivity index (χ2n) is 11.1. The molecular weight excluding hydrogens is 595 g/mol. The highest BCUT2D eigenvalue weighted by Crippen LogP contribution is 2.33. The first-order valence-electron chi connectivity index (χ1n) is 15.2. The maximum Gasteiger partial charge on any atom is 0.264 e. The van der Waals surface area contributed by atoms with Crippen LogP contribution in [0.1, 0.15) is 57.1 Å². The summed E-state index contributed by atoms with van der Waals surface area (Å²) in [5.74, 6) is -0.383. The molecule has 3 aromatic rings.